The number of carboxylic acid groups (broad SMARTS) is 1. The zero-order valence-corrected chi connectivity index (χ0v) is 13.2. The number of aliphatic hydroxyl groups is 1. The Bertz CT molecular complexity index is 976. The number of hydrogen-bond donors (Lipinski definition) is 2. The predicted molar refractivity (Wildman–Crippen MR) is 88.2 cm³/mol. The van der Waals surface area contributed by atoms with Crippen molar-refractivity contribution in [2.75, 3.05) is 6.61 Å². The van der Waals surface area contributed by atoms with E-state index in [1.807, 2.05) is 0 Å². The average Bonchev–Trinajstić information content (AvgIpc) is 2.86. The molecule has 2 N–H and O–H groups in total. The third-order valence-corrected chi connectivity index (χ3v) is 3.90. The van der Waals surface area contributed by atoms with Gasteiger partial charge >= 0.3 is 11.7 Å². The van der Waals surface area contributed by atoms with Crippen molar-refractivity contribution in [3.8, 4) is 0 Å². The molecule has 3 rings (SSSR count). The van der Waals surface area contributed by atoms with Crippen LogP contribution < -0.4 is 5.69 Å². The summed E-state index contributed by atoms with van der Waals surface area (Å²) in [5.74, 6) is -1.51. The molecule has 0 spiro atoms. The van der Waals surface area contributed by atoms with Gasteiger partial charge < -0.3 is 10.2 Å². The van der Waals surface area contributed by atoms with E-state index in [1.54, 1.807) is 12.1 Å². The van der Waals surface area contributed by atoms with Crippen LogP contribution in [-0.4, -0.2) is 36.9 Å². The van der Waals surface area contributed by atoms with E-state index < -0.39 is 5.97 Å². The molecule has 0 saturated carbocycles. The molecule has 0 fully saturated rings. The number of rotatable bonds is 6. The summed E-state index contributed by atoms with van der Waals surface area (Å²) >= 11 is 0. The summed E-state index contributed by atoms with van der Waals surface area (Å²) in [6, 6.07) is 7.15. The van der Waals surface area contributed by atoms with E-state index in [0.717, 1.165) is 0 Å². The number of benzene rings is 1. The molecule has 0 amide bonds. The molecule has 0 aliphatic carbocycles. The lowest BCUT2D eigenvalue weighted by Gasteiger charge is -2.03. The minimum absolute atomic E-state index is 0.0239. The van der Waals surface area contributed by atoms with E-state index in [-0.39, 0.29) is 36.8 Å². The molecule has 2 heterocycles. The molecular formula is C17H16FN3O4. The highest BCUT2D eigenvalue weighted by Gasteiger charge is 2.17. The Hall–Kier alpha value is -3.00. The number of aromatic carboxylic acids is 1. The maximum absolute atomic E-state index is 13.1. The number of pyridine rings is 1. The molecule has 0 aliphatic rings. The first-order valence-electron chi connectivity index (χ1n) is 7.69. The van der Waals surface area contributed by atoms with Crippen LogP contribution in [0.15, 0.2) is 41.3 Å². The van der Waals surface area contributed by atoms with Crippen LogP contribution in [0.5, 0.6) is 0 Å². The van der Waals surface area contributed by atoms with Gasteiger partial charge in [-0.3, -0.25) is 9.13 Å². The number of aliphatic hydroxyl groups excluding tert-OH is 1. The van der Waals surface area contributed by atoms with Gasteiger partial charge in [-0.15, -0.1) is 0 Å². The van der Waals surface area contributed by atoms with E-state index in [0.29, 0.717) is 23.1 Å². The number of carboxylic acids is 1. The fourth-order valence-electron chi connectivity index (χ4n) is 2.67. The second-order valence-corrected chi connectivity index (χ2v) is 5.60. The molecular weight excluding hydrogens is 329 g/mol. The van der Waals surface area contributed by atoms with Gasteiger partial charge in [-0.05, 0) is 30.2 Å². The number of aromatic nitrogens is 3. The Morgan fingerprint density at radius 2 is 1.92 bits per heavy atom. The summed E-state index contributed by atoms with van der Waals surface area (Å²) in [6.45, 7) is 0.331. The molecule has 0 saturated heterocycles. The average molecular weight is 345 g/mol. The van der Waals surface area contributed by atoms with Crippen molar-refractivity contribution in [2.24, 2.45) is 0 Å². The number of hydrogen-bond acceptors (Lipinski definition) is 4. The van der Waals surface area contributed by atoms with E-state index in [4.69, 9.17) is 10.2 Å². The van der Waals surface area contributed by atoms with Gasteiger partial charge in [-0.1, -0.05) is 12.1 Å². The zero-order valence-electron chi connectivity index (χ0n) is 13.2. The molecule has 1 aromatic carbocycles. The second kappa shape index (κ2) is 6.86. The van der Waals surface area contributed by atoms with Gasteiger partial charge in [0.05, 0.1) is 17.6 Å². The highest BCUT2D eigenvalue weighted by atomic mass is 19.1. The van der Waals surface area contributed by atoms with Crippen molar-refractivity contribution in [2.45, 2.75) is 19.5 Å². The van der Waals surface area contributed by atoms with Crippen molar-refractivity contribution in [3.63, 3.8) is 0 Å². The maximum Gasteiger partial charge on any atom is 0.337 e. The highest BCUT2D eigenvalue weighted by molar-refractivity contribution is 5.91. The Morgan fingerprint density at radius 1 is 1.20 bits per heavy atom. The van der Waals surface area contributed by atoms with Crippen LogP contribution >= 0.6 is 0 Å². The quantitative estimate of drug-likeness (QED) is 0.705. The zero-order chi connectivity index (χ0) is 18.0. The number of halogens is 1. The molecule has 0 unspecified atom stereocenters. The second-order valence-electron chi connectivity index (χ2n) is 5.60. The highest BCUT2D eigenvalue weighted by Crippen LogP contribution is 2.15. The standard InChI is InChI=1S/C17H16FN3O4/c18-13-4-2-11(3-5-13)10-21-15-14(8-12(9-19-15)16(23)24)20(17(21)25)6-1-7-22/h2-5,8-9,22H,1,6-7,10H2,(H,23,24). The normalized spacial score (nSPS) is 11.1. The minimum Gasteiger partial charge on any atom is -0.478 e. The van der Waals surface area contributed by atoms with Crippen LogP contribution in [-0.2, 0) is 13.1 Å². The van der Waals surface area contributed by atoms with Gasteiger partial charge in [-0.25, -0.2) is 19.0 Å². The molecule has 0 bridgehead atoms. The monoisotopic (exact) mass is 345 g/mol. The number of carbonyl (C=O) groups is 1. The van der Waals surface area contributed by atoms with E-state index in [1.165, 1.54) is 33.5 Å². The fraction of sp³-hybridized carbons (Fsp3) is 0.235. The van der Waals surface area contributed by atoms with Crippen molar-refractivity contribution in [1.29, 1.82) is 0 Å². The Balaban J connectivity index is 2.13. The van der Waals surface area contributed by atoms with Crippen LogP contribution in [0.1, 0.15) is 22.3 Å². The molecule has 2 aromatic heterocycles. The first kappa shape index (κ1) is 16.8. The molecule has 0 radical (unpaired) electrons. The lowest BCUT2D eigenvalue weighted by molar-refractivity contribution is 0.0696. The number of fused-ring (bicyclic) bond motifs is 1. The van der Waals surface area contributed by atoms with Gasteiger partial charge in [-0.2, -0.15) is 0 Å². The van der Waals surface area contributed by atoms with Gasteiger partial charge in [0.1, 0.15) is 5.82 Å². The van der Waals surface area contributed by atoms with Crippen LogP contribution in [0.2, 0.25) is 0 Å². The summed E-state index contributed by atoms with van der Waals surface area (Å²) in [4.78, 5) is 28.0. The largest absolute Gasteiger partial charge is 0.478 e. The third kappa shape index (κ3) is 3.29. The summed E-state index contributed by atoms with van der Waals surface area (Å²) in [5, 5.41) is 18.2. The Labute approximate surface area is 141 Å². The van der Waals surface area contributed by atoms with Gasteiger partial charge in [0.15, 0.2) is 5.65 Å². The summed E-state index contributed by atoms with van der Waals surface area (Å²) < 4.78 is 15.9. The van der Waals surface area contributed by atoms with Crippen LogP contribution in [0.4, 0.5) is 4.39 Å². The van der Waals surface area contributed by atoms with Crippen molar-refractivity contribution < 1.29 is 19.4 Å². The first-order valence-corrected chi connectivity index (χ1v) is 7.69. The van der Waals surface area contributed by atoms with Crippen molar-refractivity contribution in [3.05, 3.63) is 64.0 Å². The molecule has 0 atom stereocenters. The number of nitrogens with zero attached hydrogens (tertiary/aromatic N) is 3. The molecule has 8 heteroatoms. The summed E-state index contributed by atoms with van der Waals surface area (Å²) in [7, 11) is 0. The fourth-order valence-corrected chi connectivity index (χ4v) is 2.67. The Kier molecular flexibility index (Phi) is 4.62. The molecule has 130 valence electrons. The van der Waals surface area contributed by atoms with Crippen molar-refractivity contribution in [1.82, 2.24) is 14.1 Å². The Morgan fingerprint density at radius 3 is 2.56 bits per heavy atom. The van der Waals surface area contributed by atoms with Gasteiger partial charge in [0, 0.05) is 19.3 Å². The summed E-state index contributed by atoms with van der Waals surface area (Å²) in [5.41, 5.74) is 1.07. The third-order valence-electron chi connectivity index (χ3n) is 3.90. The van der Waals surface area contributed by atoms with Crippen molar-refractivity contribution >= 4 is 17.1 Å². The van der Waals surface area contributed by atoms with Gasteiger partial charge in [0.25, 0.3) is 0 Å². The smallest absolute Gasteiger partial charge is 0.337 e. The molecule has 25 heavy (non-hydrogen) atoms. The van der Waals surface area contributed by atoms with Crippen LogP contribution in [0.25, 0.3) is 11.2 Å². The van der Waals surface area contributed by atoms with Gasteiger partial charge in [0.2, 0.25) is 0 Å². The molecule has 0 aliphatic heterocycles. The lowest BCUT2D eigenvalue weighted by atomic mass is 10.2. The predicted octanol–water partition coefficient (Wildman–Crippen LogP) is 1.47. The van der Waals surface area contributed by atoms with E-state index in [9.17, 15) is 14.0 Å². The van der Waals surface area contributed by atoms with Crippen LogP contribution in [0, 0.1) is 5.82 Å². The lowest BCUT2D eigenvalue weighted by Crippen LogP contribution is -2.25. The summed E-state index contributed by atoms with van der Waals surface area (Å²) in [6.07, 6.45) is 1.55. The number of imidazole rings is 1. The molecule has 3 aromatic rings. The topological polar surface area (TPSA) is 97.3 Å². The maximum atomic E-state index is 13.1. The number of aryl methyl sites for hydroxylation is 1. The molecule has 7 nitrogen and oxygen atoms in total. The van der Waals surface area contributed by atoms with E-state index in [2.05, 4.69) is 4.98 Å². The van der Waals surface area contributed by atoms with Crippen LogP contribution in [0.3, 0.4) is 0 Å². The SMILES string of the molecule is O=C(O)c1cnc2c(c1)n(CCCO)c(=O)n2Cc1ccc(F)cc1. The van der Waals surface area contributed by atoms with E-state index >= 15 is 0 Å². The minimum atomic E-state index is -1.14. The first-order chi connectivity index (χ1) is 12.0.